The van der Waals surface area contributed by atoms with Gasteiger partial charge in [0.2, 0.25) is 0 Å². The van der Waals surface area contributed by atoms with E-state index in [4.69, 9.17) is 0 Å². The maximum Gasteiger partial charge on any atom is 0.0894 e. The summed E-state index contributed by atoms with van der Waals surface area (Å²) in [5, 5.41) is 1.12. The van der Waals surface area contributed by atoms with Gasteiger partial charge < -0.3 is 0 Å². The molecular weight excluding hydrogens is 207 g/mol. The molecule has 0 nitrogen and oxygen atoms in total. The Bertz CT molecular complexity index is 58.6. The zero-order valence-corrected chi connectivity index (χ0v) is 8.71. The summed E-state index contributed by atoms with van der Waals surface area (Å²) in [6.07, 6.45) is 8.25. The molecule has 0 bridgehead atoms. The third-order valence-electron chi connectivity index (χ3n) is 1.77. The van der Waals surface area contributed by atoms with E-state index in [2.05, 4.69) is 15.9 Å². The molecule has 0 radical (unpaired) electrons. The maximum atomic E-state index is 11.6. The molecule has 0 saturated carbocycles. The summed E-state index contributed by atoms with van der Waals surface area (Å²) in [6.45, 7) is -0.137. The van der Waals surface area contributed by atoms with E-state index >= 15 is 0 Å². The quantitative estimate of drug-likeness (QED) is 0.431. The molecule has 0 saturated heterocycles. The molecule has 0 spiro atoms. The minimum atomic E-state index is -0.137. The summed E-state index contributed by atoms with van der Waals surface area (Å²) in [5.41, 5.74) is 0. The zero-order chi connectivity index (χ0) is 8.36. The van der Waals surface area contributed by atoms with Gasteiger partial charge in [0, 0.05) is 5.33 Å². The van der Waals surface area contributed by atoms with Crippen molar-refractivity contribution in [2.45, 2.75) is 44.9 Å². The molecule has 0 atom stereocenters. The smallest absolute Gasteiger partial charge is 0.0894 e. The first-order chi connectivity index (χ1) is 5.41. The van der Waals surface area contributed by atoms with Crippen LogP contribution in [-0.4, -0.2) is 12.0 Å². The first kappa shape index (κ1) is 11.4. The monoisotopic (exact) mass is 224 g/mol. The van der Waals surface area contributed by atoms with Crippen LogP contribution in [0.2, 0.25) is 0 Å². The van der Waals surface area contributed by atoms with Crippen molar-refractivity contribution in [3.63, 3.8) is 0 Å². The Kier molecular flexibility index (Phi) is 10.8. The van der Waals surface area contributed by atoms with Crippen molar-refractivity contribution in [2.24, 2.45) is 0 Å². The van der Waals surface area contributed by atoms with Crippen LogP contribution in [0, 0.1) is 0 Å². The van der Waals surface area contributed by atoms with E-state index in [0.29, 0.717) is 0 Å². The summed E-state index contributed by atoms with van der Waals surface area (Å²) in [7, 11) is 0. The van der Waals surface area contributed by atoms with E-state index in [1.807, 2.05) is 0 Å². The molecule has 0 aliphatic carbocycles. The van der Waals surface area contributed by atoms with Crippen LogP contribution in [-0.2, 0) is 0 Å². The Morgan fingerprint density at radius 1 is 0.727 bits per heavy atom. The van der Waals surface area contributed by atoms with Gasteiger partial charge >= 0.3 is 0 Å². The standard InChI is InChI=1S/C9H18BrF/c10-8-6-4-2-1-3-5-7-9-11/h1-9H2. The molecule has 68 valence electrons. The average molecular weight is 225 g/mol. The predicted octanol–water partition coefficient (Wildman–Crippen LogP) is 4.08. The van der Waals surface area contributed by atoms with Crippen LogP contribution in [0.3, 0.4) is 0 Å². The summed E-state index contributed by atoms with van der Waals surface area (Å²) in [6, 6.07) is 0. The molecule has 0 N–H and O–H groups in total. The van der Waals surface area contributed by atoms with E-state index in [1.54, 1.807) is 0 Å². The van der Waals surface area contributed by atoms with Gasteiger partial charge in [-0.25, -0.2) is 0 Å². The number of halogens is 2. The van der Waals surface area contributed by atoms with Crippen molar-refractivity contribution in [3.05, 3.63) is 0 Å². The molecule has 0 aliphatic rings. The molecule has 0 fully saturated rings. The van der Waals surface area contributed by atoms with Crippen LogP contribution >= 0.6 is 15.9 Å². The van der Waals surface area contributed by atoms with Crippen LogP contribution in [0.5, 0.6) is 0 Å². The molecule has 0 aromatic carbocycles. The van der Waals surface area contributed by atoms with Gasteiger partial charge in [-0.1, -0.05) is 48.0 Å². The first-order valence-electron chi connectivity index (χ1n) is 4.53. The Labute approximate surface area is 77.7 Å². The van der Waals surface area contributed by atoms with E-state index in [1.165, 1.54) is 32.1 Å². The second kappa shape index (κ2) is 10.4. The fraction of sp³-hybridized carbons (Fsp3) is 1.00. The second-order valence-electron chi connectivity index (χ2n) is 2.85. The highest BCUT2D eigenvalue weighted by Gasteiger charge is 1.90. The van der Waals surface area contributed by atoms with E-state index in [-0.39, 0.29) is 6.67 Å². The predicted molar refractivity (Wildman–Crippen MR) is 52.1 cm³/mol. The van der Waals surface area contributed by atoms with Crippen molar-refractivity contribution < 1.29 is 4.39 Å². The van der Waals surface area contributed by atoms with Gasteiger partial charge in [-0.15, -0.1) is 0 Å². The van der Waals surface area contributed by atoms with Crippen molar-refractivity contribution >= 4 is 15.9 Å². The van der Waals surface area contributed by atoms with Crippen molar-refractivity contribution in [1.82, 2.24) is 0 Å². The fourth-order valence-electron chi connectivity index (χ4n) is 1.07. The molecule has 0 rings (SSSR count). The molecule has 0 amide bonds. The van der Waals surface area contributed by atoms with Crippen LogP contribution in [0.1, 0.15) is 44.9 Å². The van der Waals surface area contributed by atoms with Gasteiger partial charge in [-0.3, -0.25) is 4.39 Å². The third-order valence-corrected chi connectivity index (χ3v) is 2.33. The molecule has 0 heterocycles. The molecule has 11 heavy (non-hydrogen) atoms. The van der Waals surface area contributed by atoms with Gasteiger partial charge in [0.15, 0.2) is 0 Å². The lowest BCUT2D eigenvalue weighted by Gasteiger charge is -1.98. The summed E-state index contributed by atoms with van der Waals surface area (Å²) >= 11 is 3.39. The van der Waals surface area contributed by atoms with Crippen LogP contribution < -0.4 is 0 Å². The molecule has 0 aromatic heterocycles. The molecule has 2 heteroatoms. The number of alkyl halides is 2. The average Bonchev–Trinajstić information content (AvgIpc) is 2.03. The molecule has 0 aromatic rings. The summed E-state index contributed by atoms with van der Waals surface area (Å²) in [4.78, 5) is 0. The van der Waals surface area contributed by atoms with Crippen LogP contribution in [0.4, 0.5) is 4.39 Å². The van der Waals surface area contributed by atoms with Gasteiger partial charge in [-0.2, -0.15) is 0 Å². The minimum Gasteiger partial charge on any atom is -0.251 e. The topological polar surface area (TPSA) is 0 Å². The Morgan fingerprint density at radius 2 is 1.18 bits per heavy atom. The van der Waals surface area contributed by atoms with Gasteiger partial charge in [0.1, 0.15) is 0 Å². The molecular formula is C9H18BrF. The van der Waals surface area contributed by atoms with Crippen molar-refractivity contribution in [2.75, 3.05) is 12.0 Å². The van der Waals surface area contributed by atoms with E-state index < -0.39 is 0 Å². The summed E-state index contributed by atoms with van der Waals surface area (Å²) < 4.78 is 11.6. The largest absolute Gasteiger partial charge is 0.251 e. The van der Waals surface area contributed by atoms with Crippen molar-refractivity contribution in [3.8, 4) is 0 Å². The molecule has 0 unspecified atom stereocenters. The number of hydrogen-bond acceptors (Lipinski definition) is 0. The second-order valence-corrected chi connectivity index (χ2v) is 3.65. The normalized spacial score (nSPS) is 10.4. The van der Waals surface area contributed by atoms with Gasteiger partial charge in [0.25, 0.3) is 0 Å². The third kappa shape index (κ3) is 10.4. The Morgan fingerprint density at radius 3 is 1.64 bits per heavy atom. The molecule has 0 aliphatic heterocycles. The van der Waals surface area contributed by atoms with E-state index in [9.17, 15) is 4.39 Å². The fourth-order valence-corrected chi connectivity index (χ4v) is 1.47. The summed E-state index contributed by atoms with van der Waals surface area (Å²) in [5.74, 6) is 0. The number of hydrogen-bond donors (Lipinski definition) is 0. The minimum absolute atomic E-state index is 0.137. The van der Waals surface area contributed by atoms with Crippen LogP contribution in [0.15, 0.2) is 0 Å². The van der Waals surface area contributed by atoms with Gasteiger partial charge in [-0.05, 0) is 12.8 Å². The lowest BCUT2D eigenvalue weighted by atomic mass is 10.1. The van der Waals surface area contributed by atoms with E-state index in [0.717, 1.165) is 18.2 Å². The first-order valence-corrected chi connectivity index (χ1v) is 5.66. The lowest BCUT2D eigenvalue weighted by molar-refractivity contribution is 0.450. The zero-order valence-electron chi connectivity index (χ0n) is 7.12. The SMILES string of the molecule is FCCCCCCCCCBr. The number of rotatable bonds is 8. The van der Waals surface area contributed by atoms with Gasteiger partial charge in [0.05, 0.1) is 6.67 Å². The highest BCUT2D eigenvalue weighted by atomic mass is 79.9. The van der Waals surface area contributed by atoms with Crippen molar-refractivity contribution in [1.29, 1.82) is 0 Å². The highest BCUT2D eigenvalue weighted by Crippen LogP contribution is 2.07. The van der Waals surface area contributed by atoms with Crippen LogP contribution in [0.25, 0.3) is 0 Å². The Hall–Kier alpha value is 0.410. The Balaban J connectivity index is 2.69. The number of unbranched alkanes of at least 4 members (excludes halogenated alkanes) is 6. The highest BCUT2D eigenvalue weighted by molar-refractivity contribution is 9.09. The maximum absolute atomic E-state index is 11.6. The lowest BCUT2D eigenvalue weighted by Crippen LogP contribution is -1.81.